The van der Waals surface area contributed by atoms with Gasteiger partial charge in [0.1, 0.15) is 11.6 Å². The Kier molecular flexibility index (Phi) is 8.59. The van der Waals surface area contributed by atoms with E-state index >= 15 is 0 Å². The van der Waals surface area contributed by atoms with Crippen LogP contribution in [0.3, 0.4) is 0 Å². The zero-order valence-corrected chi connectivity index (χ0v) is 23.0. The maximum atomic E-state index is 13.3. The van der Waals surface area contributed by atoms with Gasteiger partial charge in [0.25, 0.3) is 5.91 Å². The number of carbonyl (C=O) groups is 1. The minimum atomic E-state index is 0.170. The van der Waals surface area contributed by atoms with Crippen LogP contribution in [0, 0.1) is 5.41 Å². The average molecular weight is 518 g/mol. The predicted molar refractivity (Wildman–Crippen MR) is 149 cm³/mol. The van der Waals surface area contributed by atoms with Crippen molar-refractivity contribution in [3.05, 3.63) is 71.8 Å². The zero-order chi connectivity index (χ0) is 26.4. The van der Waals surface area contributed by atoms with Crippen LogP contribution in [-0.4, -0.2) is 72.8 Å². The number of H-pyrrole nitrogens is 2. The van der Waals surface area contributed by atoms with E-state index in [1.54, 1.807) is 12.4 Å². The van der Waals surface area contributed by atoms with Gasteiger partial charge in [-0.05, 0) is 74.7 Å². The number of hydrogen-bond acceptors (Lipinski definition) is 5. The molecule has 2 saturated heterocycles. The molecule has 2 aliphatic heterocycles. The van der Waals surface area contributed by atoms with Crippen LogP contribution >= 0.6 is 0 Å². The number of rotatable bonds is 10. The molecule has 1 spiro atoms. The van der Waals surface area contributed by atoms with Crippen molar-refractivity contribution in [2.24, 2.45) is 5.41 Å². The zero-order valence-electron chi connectivity index (χ0n) is 23.0. The summed E-state index contributed by atoms with van der Waals surface area (Å²) in [7, 11) is 0. The molecule has 8 heteroatoms. The van der Waals surface area contributed by atoms with Gasteiger partial charge in [-0.25, -0.2) is 9.97 Å². The Balaban J connectivity index is 1.15. The highest BCUT2D eigenvalue weighted by atomic mass is 16.2. The molecular weight excluding hydrogens is 474 g/mol. The van der Waals surface area contributed by atoms with E-state index in [1.165, 1.54) is 44.3 Å². The smallest absolute Gasteiger partial charge is 0.253 e. The Bertz CT molecular complexity index is 1070. The number of imidazole rings is 2. The molecule has 5 rings (SSSR count). The molecule has 0 atom stereocenters. The molecule has 2 aromatic heterocycles. The third-order valence-electron chi connectivity index (χ3n) is 8.89. The van der Waals surface area contributed by atoms with E-state index in [-0.39, 0.29) is 5.91 Å². The van der Waals surface area contributed by atoms with Crippen molar-refractivity contribution < 1.29 is 4.79 Å². The highest BCUT2D eigenvalue weighted by molar-refractivity contribution is 5.94. The van der Waals surface area contributed by atoms with Crippen LogP contribution in [-0.2, 0) is 19.6 Å². The van der Waals surface area contributed by atoms with Crippen molar-refractivity contribution >= 4 is 5.91 Å². The quantitative estimate of drug-likeness (QED) is 0.402. The molecule has 0 bridgehead atoms. The van der Waals surface area contributed by atoms with Crippen LogP contribution in [0.2, 0.25) is 0 Å². The Morgan fingerprint density at radius 3 is 1.92 bits per heavy atom. The molecule has 4 heterocycles. The van der Waals surface area contributed by atoms with Crippen LogP contribution in [0.5, 0.6) is 0 Å². The summed E-state index contributed by atoms with van der Waals surface area (Å²) in [6, 6.07) is 8.90. The Labute approximate surface area is 226 Å². The molecule has 0 unspecified atom stereocenters. The number of benzene rings is 1. The highest BCUT2D eigenvalue weighted by Crippen LogP contribution is 2.42. The third kappa shape index (κ3) is 6.35. The number of likely N-dealkylation sites (tertiary alicyclic amines) is 2. The molecule has 2 aliphatic rings. The van der Waals surface area contributed by atoms with Crippen LogP contribution in [0.4, 0.5) is 0 Å². The molecule has 0 saturated carbocycles. The maximum Gasteiger partial charge on any atom is 0.253 e. The number of piperidine rings is 2. The van der Waals surface area contributed by atoms with Crippen LogP contribution < -0.4 is 0 Å². The number of amides is 1. The highest BCUT2D eigenvalue weighted by Gasteiger charge is 2.39. The number of nitrogens with one attached hydrogen (secondary N) is 2. The fourth-order valence-electron chi connectivity index (χ4n) is 6.41. The number of aromatic nitrogens is 4. The summed E-state index contributed by atoms with van der Waals surface area (Å²) in [5.74, 6) is 2.02. The summed E-state index contributed by atoms with van der Waals surface area (Å²) < 4.78 is 0. The largest absolute Gasteiger partial charge is 0.348 e. The molecule has 0 aliphatic carbocycles. The first-order chi connectivity index (χ1) is 18.6. The van der Waals surface area contributed by atoms with Crippen molar-refractivity contribution in [1.29, 1.82) is 0 Å². The number of carbonyl (C=O) groups excluding carboxylic acids is 1. The van der Waals surface area contributed by atoms with Gasteiger partial charge in [-0.15, -0.1) is 0 Å². The Morgan fingerprint density at radius 2 is 1.42 bits per heavy atom. The first kappa shape index (κ1) is 26.6. The summed E-state index contributed by atoms with van der Waals surface area (Å²) in [4.78, 5) is 35.5. The van der Waals surface area contributed by atoms with Crippen molar-refractivity contribution in [3.8, 4) is 0 Å². The second-order valence-electron chi connectivity index (χ2n) is 11.2. The summed E-state index contributed by atoms with van der Waals surface area (Å²) in [5.41, 5.74) is 2.40. The number of hydrogen-bond donors (Lipinski definition) is 2. The second-order valence-corrected chi connectivity index (χ2v) is 11.2. The van der Waals surface area contributed by atoms with Crippen molar-refractivity contribution in [1.82, 2.24) is 34.6 Å². The maximum absolute atomic E-state index is 13.3. The van der Waals surface area contributed by atoms with Gasteiger partial charge >= 0.3 is 0 Å². The predicted octanol–water partition coefficient (Wildman–Crippen LogP) is 4.84. The van der Waals surface area contributed by atoms with Crippen molar-refractivity contribution in [3.63, 3.8) is 0 Å². The molecular formula is C30H43N7O. The van der Waals surface area contributed by atoms with E-state index in [2.05, 4.69) is 60.6 Å². The standard InChI is InChI=1S/C30H43N7O/c1-3-26(4-2)36-17-9-30(10-18-36)11-19-37(20-12-30)29(38)25-7-5-24(6-8-25)21-35(22-27-31-13-14-32-27)23-28-33-15-16-34-28/h5-8,13-16,26H,3-4,9-12,17-23H2,1-2H3,(H,31,32)(H,33,34). The first-order valence-corrected chi connectivity index (χ1v) is 14.4. The van der Waals surface area contributed by atoms with Crippen LogP contribution in [0.1, 0.15) is 79.9 Å². The molecule has 2 fully saturated rings. The van der Waals surface area contributed by atoms with Gasteiger partial charge in [0.2, 0.25) is 0 Å². The molecule has 0 radical (unpaired) electrons. The van der Waals surface area contributed by atoms with Gasteiger partial charge in [-0.3, -0.25) is 9.69 Å². The molecule has 1 aromatic carbocycles. The van der Waals surface area contributed by atoms with Crippen molar-refractivity contribution in [2.45, 2.75) is 78.0 Å². The van der Waals surface area contributed by atoms with E-state index in [0.29, 0.717) is 18.5 Å². The molecule has 204 valence electrons. The van der Waals surface area contributed by atoms with Crippen LogP contribution in [0.25, 0.3) is 0 Å². The first-order valence-electron chi connectivity index (χ1n) is 14.4. The Morgan fingerprint density at radius 1 is 0.868 bits per heavy atom. The van der Waals surface area contributed by atoms with E-state index in [0.717, 1.165) is 55.7 Å². The third-order valence-corrected chi connectivity index (χ3v) is 8.89. The molecule has 1 amide bonds. The molecule has 3 aromatic rings. The topological polar surface area (TPSA) is 84.2 Å². The van der Waals surface area contributed by atoms with Gasteiger partial charge in [0, 0.05) is 56.0 Å². The second kappa shape index (κ2) is 12.3. The van der Waals surface area contributed by atoms with E-state index in [4.69, 9.17) is 0 Å². The fourth-order valence-corrected chi connectivity index (χ4v) is 6.41. The van der Waals surface area contributed by atoms with Gasteiger partial charge in [-0.2, -0.15) is 0 Å². The van der Waals surface area contributed by atoms with Gasteiger partial charge in [-0.1, -0.05) is 26.0 Å². The van der Waals surface area contributed by atoms with Crippen molar-refractivity contribution in [2.75, 3.05) is 26.2 Å². The molecule has 2 N–H and O–H groups in total. The normalized spacial score (nSPS) is 18.1. The summed E-state index contributed by atoms with van der Waals surface area (Å²) >= 11 is 0. The fraction of sp³-hybridized carbons (Fsp3) is 0.567. The minimum absolute atomic E-state index is 0.170. The lowest BCUT2D eigenvalue weighted by molar-refractivity contribution is 0.0181. The number of aromatic amines is 2. The van der Waals surface area contributed by atoms with Gasteiger partial charge < -0.3 is 19.8 Å². The summed E-state index contributed by atoms with van der Waals surface area (Å²) in [6.45, 7) is 11.0. The summed E-state index contributed by atoms with van der Waals surface area (Å²) in [5, 5.41) is 0. The monoisotopic (exact) mass is 517 g/mol. The van der Waals surface area contributed by atoms with E-state index in [9.17, 15) is 4.79 Å². The van der Waals surface area contributed by atoms with Crippen LogP contribution in [0.15, 0.2) is 49.1 Å². The summed E-state index contributed by atoms with van der Waals surface area (Å²) in [6.07, 6.45) is 14.6. The van der Waals surface area contributed by atoms with E-state index < -0.39 is 0 Å². The van der Waals surface area contributed by atoms with Gasteiger partial charge in [0.15, 0.2) is 0 Å². The molecule has 38 heavy (non-hydrogen) atoms. The molecule has 8 nitrogen and oxygen atoms in total. The SMILES string of the molecule is CCC(CC)N1CCC2(CCN(C(=O)c3ccc(CN(Cc4ncc[nH]4)Cc4ncc[nH]4)cc3)CC2)CC1. The van der Waals surface area contributed by atoms with E-state index in [1.807, 2.05) is 24.5 Å². The lowest BCUT2D eigenvalue weighted by Crippen LogP contribution is -2.50. The lowest BCUT2D eigenvalue weighted by atomic mass is 9.71. The Hall–Kier alpha value is -2.97. The minimum Gasteiger partial charge on any atom is -0.348 e. The number of nitrogens with zero attached hydrogens (tertiary/aromatic N) is 5. The lowest BCUT2D eigenvalue weighted by Gasteiger charge is -2.48. The van der Waals surface area contributed by atoms with Gasteiger partial charge in [0.05, 0.1) is 13.1 Å². The average Bonchev–Trinajstić information content (AvgIpc) is 3.66.